The Bertz CT molecular complexity index is 682. The zero-order valence-corrected chi connectivity index (χ0v) is 11.1. The normalized spacial score (nSPS) is 17.6. The van der Waals surface area contributed by atoms with E-state index in [2.05, 4.69) is 12.3 Å². The molecule has 0 radical (unpaired) electrons. The molecule has 2 aromatic rings. The molecule has 20 heavy (non-hydrogen) atoms. The van der Waals surface area contributed by atoms with Crippen LogP contribution in [0.25, 0.3) is 0 Å². The highest BCUT2D eigenvalue weighted by molar-refractivity contribution is 5.39. The van der Waals surface area contributed by atoms with E-state index in [1.165, 1.54) is 29.3 Å². The van der Waals surface area contributed by atoms with E-state index in [0.717, 1.165) is 19.3 Å². The number of rotatable bonds is 2. The van der Waals surface area contributed by atoms with Gasteiger partial charge in [0.2, 0.25) is 0 Å². The molecule has 1 unspecified atom stereocenters. The van der Waals surface area contributed by atoms with Crippen molar-refractivity contribution in [3.05, 3.63) is 58.7 Å². The monoisotopic (exact) mass is 269 g/mol. The Morgan fingerprint density at radius 3 is 3.00 bits per heavy atom. The van der Waals surface area contributed by atoms with Crippen LogP contribution in [-0.2, 0) is 13.0 Å². The van der Waals surface area contributed by atoms with Crippen molar-refractivity contribution in [1.82, 2.24) is 4.57 Å². The molecule has 0 amide bonds. The zero-order chi connectivity index (χ0) is 14.1. The Hall–Kier alpha value is -2.12. The number of fused-ring (bicyclic) bond motifs is 1. The van der Waals surface area contributed by atoms with Gasteiger partial charge in [0.25, 0.3) is 0 Å². The van der Waals surface area contributed by atoms with Crippen LogP contribution in [0.2, 0.25) is 0 Å². The number of benzene rings is 1. The molecule has 0 fully saturated rings. The van der Waals surface area contributed by atoms with Crippen molar-refractivity contribution in [2.24, 2.45) is 5.73 Å². The van der Waals surface area contributed by atoms with Crippen LogP contribution in [0, 0.1) is 17.1 Å². The van der Waals surface area contributed by atoms with Crippen LogP contribution in [0.1, 0.15) is 41.1 Å². The Morgan fingerprint density at radius 1 is 1.40 bits per heavy atom. The number of aromatic nitrogens is 1. The first kappa shape index (κ1) is 12.9. The van der Waals surface area contributed by atoms with Crippen molar-refractivity contribution >= 4 is 0 Å². The lowest BCUT2D eigenvalue weighted by molar-refractivity contribution is 0.573. The molecule has 1 aromatic carbocycles. The fraction of sp³-hybridized carbons (Fsp3) is 0.312. The van der Waals surface area contributed by atoms with Crippen LogP contribution < -0.4 is 5.73 Å². The summed E-state index contributed by atoms with van der Waals surface area (Å²) in [4.78, 5) is 0. The third-order valence-electron chi connectivity index (χ3n) is 3.90. The molecule has 0 saturated heterocycles. The smallest absolute Gasteiger partial charge is 0.123 e. The third kappa shape index (κ3) is 2.33. The second-order valence-electron chi connectivity index (χ2n) is 5.32. The molecule has 1 aliphatic rings. The molecule has 1 aliphatic carbocycles. The summed E-state index contributed by atoms with van der Waals surface area (Å²) in [6.45, 7) is 0.500. The summed E-state index contributed by atoms with van der Waals surface area (Å²) < 4.78 is 15.3. The number of nitrogens with two attached hydrogens (primary N) is 1. The van der Waals surface area contributed by atoms with Gasteiger partial charge in [-0.1, -0.05) is 0 Å². The van der Waals surface area contributed by atoms with Crippen LogP contribution in [0.3, 0.4) is 0 Å². The Kier molecular flexibility index (Phi) is 3.29. The minimum Gasteiger partial charge on any atom is -0.349 e. The molecular formula is C16H16FN3. The summed E-state index contributed by atoms with van der Waals surface area (Å²) in [6, 6.07) is 6.48. The Morgan fingerprint density at radius 2 is 2.25 bits per heavy atom. The lowest BCUT2D eigenvalue weighted by atomic mass is 9.92. The van der Waals surface area contributed by atoms with Gasteiger partial charge in [-0.3, -0.25) is 0 Å². The van der Waals surface area contributed by atoms with Crippen LogP contribution in [-0.4, -0.2) is 4.57 Å². The van der Waals surface area contributed by atoms with Gasteiger partial charge in [-0.2, -0.15) is 5.26 Å². The van der Waals surface area contributed by atoms with Crippen molar-refractivity contribution in [2.45, 2.75) is 31.8 Å². The summed E-state index contributed by atoms with van der Waals surface area (Å²) >= 11 is 0. The number of nitriles is 1. The first-order chi connectivity index (χ1) is 9.67. The van der Waals surface area contributed by atoms with Gasteiger partial charge >= 0.3 is 0 Å². The Balaban J connectivity index is 1.93. The lowest BCUT2D eigenvalue weighted by Gasteiger charge is -2.17. The molecule has 2 N–H and O–H groups in total. The van der Waals surface area contributed by atoms with Gasteiger partial charge in [-0.05, 0) is 54.2 Å². The SMILES string of the molecule is N#Cc1ccc(F)cc1Cn1cc2c(c1)C(N)CCC2. The quantitative estimate of drug-likeness (QED) is 0.911. The Labute approximate surface area is 117 Å². The van der Waals surface area contributed by atoms with Gasteiger partial charge in [0.15, 0.2) is 0 Å². The largest absolute Gasteiger partial charge is 0.349 e. The third-order valence-corrected chi connectivity index (χ3v) is 3.90. The van der Waals surface area contributed by atoms with Gasteiger partial charge in [0.1, 0.15) is 5.82 Å². The predicted octanol–water partition coefficient (Wildman–Crippen LogP) is 2.88. The predicted molar refractivity (Wildman–Crippen MR) is 74.5 cm³/mol. The van der Waals surface area contributed by atoms with Crippen LogP contribution in [0.15, 0.2) is 30.6 Å². The number of aryl methyl sites for hydroxylation is 1. The number of hydrogen-bond acceptors (Lipinski definition) is 2. The number of halogens is 1. The van der Waals surface area contributed by atoms with Gasteiger partial charge < -0.3 is 10.3 Å². The lowest BCUT2D eigenvalue weighted by Crippen LogP contribution is -2.15. The molecule has 1 atom stereocenters. The molecule has 0 aliphatic heterocycles. The molecule has 1 heterocycles. The molecule has 3 nitrogen and oxygen atoms in total. The van der Waals surface area contributed by atoms with E-state index in [0.29, 0.717) is 17.7 Å². The molecule has 0 saturated carbocycles. The minimum atomic E-state index is -0.312. The van der Waals surface area contributed by atoms with E-state index in [9.17, 15) is 4.39 Å². The van der Waals surface area contributed by atoms with Crippen molar-refractivity contribution in [1.29, 1.82) is 5.26 Å². The summed E-state index contributed by atoms with van der Waals surface area (Å²) in [5.74, 6) is -0.312. The van der Waals surface area contributed by atoms with Gasteiger partial charge in [0, 0.05) is 25.0 Å². The van der Waals surface area contributed by atoms with Gasteiger partial charge in [-0.25, -0.2) is 4.39 Å². The fourth-order valence-electron chi connectivity index (χ4n) is 2.87. The van der Waals surface area contributed by atoms with E-state index < -0.39 is 0 Å². The second-order valence-corrected chi connectivity index (χ2v) is 5.32. The van der Waals surface area contributed by atoms with E-state index in [1.807, 2.05) is 10.8 Å². The van der Waals surface area contributed by atoms with Crippen LogP contribution in [0.4, 0.5) is 4.39 Å². The average molecular weight is 269 g/mol. The van der Waals surface area contributed by atoms with Gasteiger partial charge in [-0.15, -0.1) is 0 Å². The van der Waals surface area contributed by atoms with E-state index in [1.54, 1.807) is 0 Å². The van der Waals surface area contributed by atoms with Crippen molar-refractivity contribution < 1.29 is 4.39 Å². The van der Waals surface area contributed by atoms with Crippen LogP contribution in [0.5, 0.6) is 0 Å². The summed E-state index contributed by atoms with van der Waals surface area (Å²) in [5.41, 5.74) is 9.79. The molecule has 102 valence electrons. The highest BCUT2D eigenvalue weighted by Gasteiger charge is 2.19. The maximum Gasteiger partial charge on any atom is 0.123 e. The summed E-state index contributed by atoms with van der Waals surface area (Å²) in [7, 11) is 0. The summed E-state index contributed by atoms with van der Waals surface area (Å²) in [6.07, 6.45) is 7.28. The first-order valence-electron chi connectivity index (χ1n) is 6.80. The van der Waals surface area contributed by atoms with Crippen molar-refractivity contribution in [2.75, 3.05) is 0 Å². The first-order valence-corrected chi connectivity index (χ1v) is 6.80. The average Bonchev–Trinajstić information content (AvgIpc) is 2.83. The standard InChI is InChI=1S/C16H16FN3/c17-14-5-4-11(7-18)13(6-14)9-20-8-12-2-1-3-16(19)15(12)10-20/h4-6,8,10,16H,1-3,9,19H2. The molecule has 4 heteroatoms. The second kappa shape index (κ2) is 5.10. The maximum absolute atomic E-state index is 13.3. The minimum absolute atomic E-state index is 0.1000. The molecule has 0 spiro atoms. The van der Waals surface area contributed by atoms with Crippen LogP contribution >= 0.6 is 0 Å². The molecule has 0 bridgehead atoms. The van der Waals surface area contributed by atoms with Gasteiger partial charge in [0.05, 0.1) is 11.6 Å². The molecule has 3 rings (SSSR count). The zero-order valence-electron chi connectivity index (χ0n) is 11.1. The van der Waals surface area contributed by atoms with Crippen molar-refractivity contribution in [3.63, 3.8) is 0 Å². The summed E-state index contributed by atoms with van der Waals surface area (Å²) in [5, 5.41) is 9.09. The highest BCUT2D eigenvalue weighted by Crippen LogP contribution is 2.29. The maximum atomic E-state index is 13.3. The number of nitrogens with zero attached hydrogens (tertiary/aromatic N) is 2. The van der Waals surface area contributed by atoms with E-state index in [4.69, 9.17) is 11.0 Å². The van der Waals surface area contributed by atoms with E-state index in [-0.39, 0.29) is 11.9 Å². The fourth-order valence-corrected chi connectivity index (χ4v) is 2.87. The molecule has 1 aromatic heterocycles. The topological polar surface area (TPSA) is 54.7 Å². The highest BCUT2D eigenvalue weighted by atomic mass is 19.1. The molecular weight excluding hydrogens is 253 g/mol. The number of hydrogen-bond donors (Lipinski definition) is 1. The van der Waals surface area contributed by atoms with E-state index >= 15 is 0 Å². The van der Waals surface area contributed by atoms with Crippen molar-refractivity contribution in [3.8, 4) is 6.07 Å².